The van der Waals surface area contributed by atoms with Crippen molar-refractivity contribution in [1.82, 2.24) is 4.90 Å². The summed E-state index contributed by atoms with van der Waals surface area (Å²) in [5.74, 6) is 0. The van der Waals surface area contributed by atoms with E-state index in [1.165, 1.54) is 0 Å². The van der Waals surface area contributed by atoms with E-state index < -0.39 is 0 Å². The number of hydrogen-bond donors (Lipinski definition) is 2. The third-order valence-corrected chi connectivity index (χ3v) is 2.29. The van der Waals surface area contributed by atoms with Crippen LogP contribution in [0.25, 0.3) is 0 Å². The Balaban J connectivity index is 2.82. The molecule has 3 N–H and O–H groups in total. The summed E-state index contributed by atoms with van der Waals surface area (Å²) in [7, 11) is 4.05. The summed E-state index contributed by atoms with van der Waals surface area (Å²) in [6.45, 7) is 1.01. The zero-order valence-electron chi connectivity index (χ0n) is 8.83. The predicted octanol–water partition coefficient (Wildman–Crippen LogP) is 0.865. The standard InChI is InChI=1S/C11H18N2O/c1-13(2)7-6-10-9(8-14)4-3-5-11(10)12/h3-5,14H,6-8,12H2,1-2H3. The molecule has 0 aliphatic rings. The molecule has 0 unspecified atom stereocenters. The van der Waals surface area contributed by atoms with Crippen LogP contribution < -0.4 is 5.73 Å². The highest BCUT2D eigenvalue weighted by Crippen LogP contribution is 2.17. The molecule has 78 valence electrons. The first-order chi connectivity index (χ1) is 6.65. The summed E-state index contributed by atoms with van der Waals surface area (Å²) in [6.07, 6.45) is 0.884. The number of rotatable bonds is 4. The van der Waals surface area contributed by atoms with E-state index in [0.29, 0.717) is 0 Å². The quantitative estimate of drug-likeness (QED) is 0.699. The van der Waals surface area contributed by atoms with Gasteiger partial charge in [0.1, 0.15) is 0 Å². The average molecular weight is 194 g/mol. The van der Waals surface area contributed by atoms with Gasteiger partial charge in [-0.25, -0.2) is 0 Å². The molecule has 0 fully saturated rings. The zero-order valence-corrected chi connectivity index (χ0v) is 8.83. The van der Waals surface area contributed by atoms with Gasteiger partial charge in [0.05, 0.1) is 6.61 Å². The fraction of sp³-hybridized carbons (Fsp3) is 0.455. The Kier molecular flexibility index (Phi) is 3.92. The van der Waals surface area contributed by atoms with E-state index >= 15 is 0 Å². The maximum absolute atomic E-state index is 9.14. The number of aliphatic hydroxyl groups excluding tert-OH is 1. The van der Waals surface area contributed by atoms with E-state index in [9.17, 15) is 0 Å². The molecular formula is C11H18N2O. The lowest BCUT2D eigenvalue weighted by atomic mass is 10.0. The van der Waals surface area contributed by atoms with Gasteiger partial charge < -0.3 is 15.7 Å². The van der Waals surface area contributed by atoms with Gasteiger partial charge in [-0.3, -0.25) is 0 Å². The van der Waals surface area contributed by atoms with Crippen LogP contribution in [-0.2, 0) is 13.0 Å². The SMILES string of the molecule is CN(C)CCc1c(N)cccc1CO. The largest absolute Gasteiger partial charge is 0.398 e. The van der Waals surface area contributed by atoms with Gasteiger partial charge in [0.2, 0.25) is 0 Å². The Labute approximate surface area is 85.2 Å². The van der Waals surface area contributed by atoms with Gasteiger partial charge in [0, 0.05) is 12.2 Å². The van der Waals surface area contributed by atoms with E-state index in [1.807, 2.05) is 32.3 Å². The van der Waals surface area contributed by atoms with E-state index in [1.54, 1.807) is 0 Å². The monoisotopic (exact) mass is 194 g/mol. The number of nitrogens with zero attached hydrogens (tertiary/aromatic N) is 1. The van der Waals surface area contributed by atoms with Gasteiger partial charge >= 0.3 is 0 Å². The van der Waals surface area contributed by atoms with Gasteiger partial charge in [-0.05, 0) is 37.7 Å². The lowest BCUT2D eigenvalue weighted by Crippen LogP contribution is -2.16. The molecule has 0 aliphatic carbocycles. The molecular weight excluding hydrogens is 176 g/mol. The third-order valence-electron chi connectivity index (χ3n) is 2.29. The van der Waals surface area contributed by atoms with Gasteiger partial charge in [-0.2, -0.15) is 0 Å². The van der Waals surface area contributed by atoms with Crippen LogP contribution in [0, 0.1) is 0 Å². The highest BCUT2D eigenvalue weighted by molar-refractivity contribution is 5.50. The number of hydrogen-bond acceptors (Lipinski definition) is 3. The fourth-order valence-corrected chi connectivity index (χ4v) is 1.44. The van der Waals surface area contributed by atoms with E-state index in [2.05, 4.69) is 4.90 Å². The molecule has 0 saturated carbocycles. The molecule has 0 spiro atoms. The Morgan fingerprint density at radius 1 is 1.36 bits per heavy atom. The maximum atomic E-state index is 9.14. The first-order valence-corrected chi connectivity index (χ1v) is 4.77. The molecule has 1 aromatic rings. The van der Waals surface area contributed by atoms with Crippen molar-refractivity contribution in [2.75, 3.05) is 26.4 Å². The molecule has 0 heterocycles. The minimum absolute atomic E-state index is 0.0633. The van der Waals surface area contributed by atoms with Crippen molar-refractivity contribution in [2.24, 2.45) is 0 Å². The summed E-state index contributed by atoms with van der Waals surface area (Å²) in [5.41, 5.74) is 8.64. The first kappa shape index (κ1) is 11.0. The topological polar surface area (TPSA) is 49.5 Å². The molecule has 0 aromatic heterocycles. The number of aliphatic hydroxyl groups is 1. The summed E-state index contributed by atoms with van der Waals surface area (Å²) in [6, 6.07) is 5.67. The minimum Gasteiger partial charge on any atom is -0.398 e. The van der Waals surface area contributed by atoms with Crippen molar-refractivity contribution in [3.63, 3.8) is 0 Å². The van der Waals surface area contributed by atoms with Crippen molar-refractivity contribution in [3.8, 4) is 0 Å². The molecule has 0 aliphatic heterocycles. The van der Waals surface area contributed by atoms with Crippen LogP contribution in [0.2, 0.25) is 0 Å². The second-order valence-corrected chi connectivity index (χ2v) is 3.70. The van der Waals surface area contributed by atoms with Gasteiger partial charge in [0.25, 0.3) is 0 Å². The number of nitrogens with two attached hydrogens (primary N) is 1. The van der Waals surface area contributed by atoms with Gasteiger partial charge in [-0.1, -0.05) is 12.1 Å². The Morgan fingerprint density at radius 3 is 2.64 bits per heavy atom. The highest BCUT2D eigenvalue weighted by Gasteiger charge is 2.05. The number of nitrogen functional groups attached to an aromatic ring is 1. The molecule has 1 aromatic carbocycles. The van der Waals surface area contributed by atoms with E-state index in [0.717, 1.165) is 29.8 Å². The molecule has 0 saturated heterocycles. The molecule has 3 heteroatoms. The van der Waals surface area contributed by atoms with E-state index in [4.69, 9.17) is 10.8 Å². The van der Waals surface area contributed by atoms with Crippen LogP contribution in [0.15, 0.2) is 18.2 Å². The molecule has 3 nitrogen and oxygen atoms in total. The van der Waals surface area contributed by atoms with Gasteiger partial charge in [-0.15, -0.1) is 0 Å². The molecule has 0 radical (unpaired) electrons. The molecule has 0 bridgehead atoms. The lowest BCUT2D eigenvalue weighted by molar-refractivity contribution is 0.280. The summed E-state index contributed by atoms with van der Waals surface area (Å²) in [5, 5.41) is 9.14. The van der Waals surface area contributed by atoms with Crippen LogP contribution in [0.5, 0.6) is 0 Å². The Hall–Kier alpha value is -1.06. The predicted molar refractivity (Wildman–Crippen MR) is 59.0 cm³/mol. The average Bonchev–Trinajstić information content (AvgIpc) is 2.15. The maximum Gasteiger partial charge on any atom is 0.0685 e. The molecule has 0 amide bonds. The summed E-state index contributed by atoms with van der Waals surface area (Å²) < 4.78 is 0. The van der Waals surface area contributed by atoms with Crippen LogP contribution in [0.4, 0.5) is 5.69 Å². The van der Waals surface area contributed by atoms with Crippen molar-refractivity contribution in [2.45, 2.75) is 13.0 Å². The fourth-order valence-electron chi connectivity index (χ4n) is 1.44. The number of anilines is 1. The van der Waals surface area contributed by atoms with Crippen LogP contribution in [-0.4, -0.2) is 30.6 Å². The van der Waals surface area contributed by atoms with Crippen LogP contribution >= 0.6 is 0 Å². The smallest absolute Gasteiger partial charge is 0.0685 e. The molecule has 0 atom stereocenters. The summed E-state index contributed by atoms with van der Waals surface area (Å²) >= 11 is 0. The van der Waals surface area contributed by atoms with Crippen molar-refractivity contribution in [3.05, 3.63) is 29.3 Å². The van der Waals surface area contributed by atoms with Gasteiger partial charge in [0.15, 0.2) is 0 Å². The van der Waals surface area contributed by atoms with Crippen molar-refractivity contribution in [1.29, 1.82) is 0 Å². The van der Waals surface area contributed by atoms with Crippen LogP contribution in [0.1, 0.15) is 11.1 Å². The second kappa shape index (κ2) is 4.98. The molecule has 14 heavy (non-hydrogen) atoms. The number of benzene rings is 1. The minimum atomic E-state index is 0.0633. The first-order valence-electron chi connectivity index (χ1n) is 4.77. The number of likely N-dealkylation sites (N-methyl/N-ethyl adjacent to an activating group) is 1. The van der Waals surface area contributed by atoms with E-state index in [-0.39, 0.29) is 6.61 Å². The third kappa shape index (κ3) is 2.72. The Bertz CT molecular complexity index is 297. The lowest BCUT2D eigenvalue weighted by Gasteiger charge is -2.13. The van der Waals surface area contributed by atoms with Crippen molar-refractivity contribution < 1.29 is 5.11 Å². The van der Waals surface area contributed by atoms with Crippen LogP contribution in [0.3, 0.4) is 0 Å². The zero-order chi connectivity index (χ0) is 10.6. The second-order valence-electron chi connectivity index (χ2n) is 3.70. The normalized spacial score (nSPS) is 10.9. The summed E-state index contributed by atoms with van der Waals surface area (Å²) in [4.78, 5) is 2.10. The molecule has 1 rings (SSSR count). The van der Waals surface area contributed by atoms with Crippen molar-refractivity contribution >= 4 is 5.69 Å². The Morgan fingerprint density at radius 2 is 2.07 bits per heavy atom. The highest BCUT2D eigenvalue weighted by atomic mass is 16.3.